The first kappa shape index (κ1) is 13.6. The molecule has 0 saturated carbocycles. The first-order chi connectivity index (χ1) is 8.21. The molecule has 0 bridgehead atoms. The standard InChI is InChI=1S/C11H6F3NO3/c12-11(13,14)7-3-1-6(2-4-9(15)16)8(5-7)10(17)18/h1,3,5H,(H2,15,16)(H,17,18). The van der Waals surface area contributed by atoms with Gasteiger partial charge in [-0.15, -0.1) is 0 Å². The zero-order valence-corrected chi connectivity index (χ0v) is 8.71. The van der Waals surface area contributed by atoms with E-state index >= 15 is 0 Å². The lowest BCUT2D eigenvalue weighted by atomic mass is 10.0. The number of primary amides is 1. The lowest BCUT2D eigenvalue weighted by Gasteiger charge is -2.08. The van der Waals surface area contributed by atoms with Crippen LogP contribution in [0.5, 0.6) is 0 Å². The maximum atomic E-state index is 12.4. The highest BCUT2D eigenvalue weighted by atomic mass is 19.4. The molecule has 0 atom stereocenters. The van der Waals surface area contributed by atoms with E-state index < -0.39 is 29.2 Å². The molecule has 7 heteroatoms. The fraction of sp³-hybridized carbons (Fsp3) is 0.0909. The average Bonchev–Trinajstić information content (AvgIpc) is 2.24. The van der Waals surface area contributed by atoms with E-state index in [1.54, 1.807) is 0 Å². The van der Waals surface area contributed by atoms with Gasteiger partial charge in [0.1, 0.15) is 0 Å². The highest BCUT2D eigenvalue weighted by Gasteiger charge is 2.31. The second kappa shape index (κ2) is 4.79. The molecule has 3 N–H and O–H groups in total. The third-order valence-corrected chi connectivity index (χ3v) is 1.90. The smallest absolute Gasteiger partial charge is 0.416 e. The topological polar surface area (TPSA) is 80.4 Å². The molecule has 1 rings (SSSR count). The Morgan fingerprint density at radius 3 is 2.33 bits per heavy atom. The summed E-state index contributed by atoms with van der Waals surface area (Å²) in [7, 11) is 0. The Labute approximate surface area is 99.2 Å². The average molecular weight is 257 g/mol. The monoisotopic (exact) mass is 257 g/mol. The fourth-order valence-corrected chi connectivity index (χ4v) is 1.14. The van der Waals surface area contributed by atoms with Crippen LogP contribution in [0.25, 0.3) is 0 Å². The number of halogens is 3. The molecule has 0 aliphatic rings. The first-order valence-corrected chi connectivity index (χ1v) is 4.48. The van der Waals surface area contributed by atoms with Crippen molar-refractivity contribution in [2.45, 2.75) is 6.18 Å². The van der Waals surface area contributed by atoms with Crippen molar-refractivity contribution in [3.63, 3.8) is 0 Å². The zero-order valence-electron chi connectivity index (χ0n) is 8.71. The number of rotatable bonds is 1. The van der Waals surface area contributed by atoms with Crippen LogP contribution in [0, 0.1) is 11.8 Å². The number of amides is 1. The molecule has 18 heavy (non-hydrogen) atoms. The summed E-state index contributed by atoms with van der Waals surface area (Å²) in [5.74, 6) is 1.38. The first-order valence-electron chi connectivity index (χ1n) is 4.48. The van der Waals surface area contributed by atoms with Gasteiger partial charge in [0, 0.05) is 11.5 Å². The number of carboxylic acids is 1. The molecule has 0 spiro atoms. The van der Waals surface area contributed by atoms with Crippen LogP contribution < -0.4 is 5.73 Å². The van der Waals surface area contributed by atoms with Crippen molar-refractivity contribution in [3.05, 3.63) is 34.9 Å². The third kappa shape index (κ3) is 3.25. The van der Waals surface area contributed by atoms with Crippen molar-refractivity contribution in [1.29, 1.82) is 0 Å². The van der Waals surface area contributed by atoms with Crippen LogP contribution in [-0.4, -0.2) is 17.0 Å². The Kier molecular flexibility index (Phi) is 3.61. The van der Waals surface area contributed by atoms with E-state index in [0.717, 1.165) is 6.07 Å². The van der Waals surface area contributed by atoms with Gasteiger partial charge < -0.3 is 10.8 Å². The Hall–Kier alpha value is -2.49. The molecule has 0 saturated heterocycles. The summed E-state index contributed by atoms with van der Waals surface area (Å²) in [4.78, 5) is 21.2. The predicted molar refractivity (Wildman–Crippen MR) is 54.5 cm³/mol. The minimum Gasteiger partial charge on any atom is -0.478 e. The van der Waals surface area contributed by atoms with Crippen molar-refractivity contribution >= 4 is 11.9 Å². The van der Waals surface area contributed by atoms with E-state index in [1.807, 2.05) is 5.92 Å². The van der Waals surface area contributed by atoms with Crippen molar-refractivity contribution in [3.8, 4) is 11.8 Å². The van der Waals surface area contributed by atoms with Gasteiger partial charge in [-0.1, -0.05) is 5.92 Å². The normalized spacial score (nSPS) is 10.4. The van der Waals surface area contributed by atoms with E-state index in [2.05, 4.69) is 5.92 Å². The van der Waals surface area contributed by atoms with Crippen LogP contribution in [-0.2, 0) is 11.0 Å². The Morgan fingerprint density at radius 1 is 1.28 bits per heavy atom. The number of alkyl halides is 3. The van der Waals surface area contributed by atoms with E-state index in [-0.39, 0.29) is 5.56 Å². The summed E-state index contributed by atoms with van der Waals surface area (Å²) in [6, 6.07) is 2.01. The van der Waals surface area contributed by atoms with E-state index in [4.69, 9.17) is 10.8 Å². The molecule has 0 aliphatic carbocycles. The Bertz CT molecular complexity index is 567. The van der Waals surface area contributed by atoms with Crippen LogP contribution in [0.1, 0.15) is 21.5 Å². The lowest BCUT2D eigenvalue weighted by molar-refractivity contribution is -0.137. The second-order valence-electron chi connectivity index (χ2n) is 3.18. The molecule has 0 aromatic heterocycles. The van der Waals surface area contributed by atoms with E-state index in [0.29, 0.717) is 12.1 Å². The van der Waals surface area contributed by atoms with Crippen molar-refractivity contribution < 1.29 is 27.9 Å². The minimum atomic E-state index is -4.65. The highest BCUT2D eigenvalue weighted by Crippen LogP contribution is 2.30. The van der Waals surface area contributed by atoms with Crippen LogP contribution in [0.15, 0.2) is 18.2 Å². The summed E-state index contributed by atoms with van der Waals surface area (Å²) in [6.07, 6.45) is -4.65. The lowest BCUT2D eigenvalue weighted by Crippen LogP contribution is -2.09. The fourth-order valence-electron chi connectivity index (χ4n) is 1.14. The molecule has 1 aromatic rings. The molecule has 0 heterocycles. The molecular formula is C11H6F3NO3. The van der Waals surface area contributed by atoms with Gasteiger partial charge in [-0.25, -0.2) is 4.79 Å². The number of hydrogen-bond acceptors (Lipinski definition) is 2. The Morgan fingerprint density at radius 2 is 1.89 bits per heavy atom. The minimum absolute atomic E-state index is 0.214. The van der Waals surface area contributed by atoms with Crippen molar-refractivity contribution in [2.24, 2.45) is 5.73 Å². The number of nitrogens with two attached hydrogens (primary N) is 1. The maximum absolute atomic E-state index is 12.4. The Balaban J connectivity index is 3.36. The molecule has 1 amide bonds. The van der Waals surface area contributed by atoms with Crippen LogP contribution in [0.3, 0.4) is 0 Å². The summed E-state index contributed by atoms with van der Waals surface area (Å²) < 4.78 is 37.1. The SMILES string of the molecule is NC(=O)C#Cc1ccc(C(F)(F)F)cc1C(=O)O. The molecule has 94 valence electrons. The van der Waals surface area contributed by atoms with Gasteiger partial charge >= 0.3 is 12.1 Å². The molecule has 0 fully saturated rings. The quantitative estimate of drug-likeness (QED) is 0.743. The van der Waals surface area contributed by atoms with Gasteiger partial charge in [0.15, 0.2) is 0 Å². The molecule has 0 radical (unpaired) electrons. The van der Waals surface area contributed by atoms with Crippen LogP contribution >= 0.6 is 0 Å². The van der Waals surface area contributed by atoms with Gasteiger partial charge in [0.25, 0.3) is 5.91 Å². The molecular weight excluding hydrogens is 251 g/mol. The van der Waals surface area contributed by atoms with Crippen LogP contribution in [0.4, 0.5) is 13.2 Å². The number of carboxylic acid groups (broad SMARTS) is 1. The summed E-state index contributed by atoms with van der Waals surface area (Å²) in [5, 5.41) is 8.77. The second-order valence-corrected chi connectivity index (χ2v) is 3.18. The largest absolute Gasteiger partial charge is 0.478 e. The maximum Gasteiger partial charge on any atom is 0.416 e. The van der Waals surface area contributed by atoms with Crippen molar-refractivity contribution in [2.75, 3.05) is 0 Å². The number of carbonyl (C=O) groups is 2. The highest BCUT2D eigenvalue weighted by molar-refractivity contribution is 5.95. The molecule has 0 unspecified atom stereocenters. The van der Waals surface area contributed by atoms with Crippen molar-refractivity contribution in [1.82, 2.24) is 0 Å². The number of hydrogen-bond donors (Lipinski definition) is 2. The number of benzene rings is 1. The van der Waals surface area contributed by atoms with Gasteiger partial charge in [0.05, 0.1) is 11.1 Å². The van der Waals surface area contributed by atoms with Crippen LogP contribution in [0.2, 0.25) is 0 Å². The van der Waals surface area contributed by atoms with Gasteiger partial charge in [-0.05, 0) is 18.2 Å². The van der Waals surface area contributed by atoms with Gasteiger partial charge in [-0.2, -0.15) is 13.2 Å². The van der Waals surface area contributed by atoms with E-state index in [9.17, 15) is 22.8 Å². The predicted octanol–water partition coefficient (Wildman–Crippen LogP) is 1.24. The van der Waals surface area contributed by atoms with E-state index in [1.165, 1.54) is 0 Å². The number of carbonyl (C=O) groups excluding carboxylic acids is 1. The molecule has 4 nitrogen and oxygen atoms in total. The van der Waals surface area contributed by atoms with Gasteiger partial charge in [0.2, 0.25) is 0 Å². The molecule has 0 aliphatic heterocycles. The summed E-state index contributed by atoms with van der Waals surface area (Å²) in [5.41, 5.74) is 2.76. The van der Waals surface area contributed by atoms with Gasteiger partial charge in [-0.3, -0.25) is 4.79 Å². The summed E-state index contributed by atoms with van der Waals surface area (Å²) >= 11 is 0. The number of aromatic carboxylic acids is 1. The summed E-state index contributed by atoms with van der Waals surface area (Å²) in [6.45, 7) is 0. The zero-order chi connectivity index (χ0) is 13.9. The molecule has 1 aromatic carbocycles. The third-order valence-electron chi connectivity index (χ3n) is 1.90.